The van der Waals surface area contributed by atoms with Crippen molar-refractivity contribution in [1.29, 1.82) is 0 Å². The van der Waals surface area contributed by atoms with Gasteiger partial charge in [-0.3, -0.25) is 14.9 Å². The lowest BCUT2D eigenvalue weighted by Crippen LogP contribution is -2.24. The fourth-order valence-corrected chi connectivity index (χ4v) is 2.87. The molecule has 0 saturated carbocycles. The number of nitro groups is 1. The lowest BCUT2D eigenvalue weighted by molar-refractivity contribution is -0.384. The van der Waals surface area contributed by atoms with Gasteiger partial charge >= 0.3 is 0 Å². The highest BCUT2D eigenvalue weighted by molar-refractivity contribution is 5.82. The second-order valence-corrected chi connectivity index (χ2v) is 6.69. The second kappa shape index (κ2) is 9.57. The zero-order valence-corrected chi connectivity index (χ0v) is 17.2. The summed E-state index contributed by atoms with van der Waals surface area (Å²) < 4.78 is 16.4. The van der Waals surface area contributed by atoms with Crippen LogP contribution in [0.2, 0.25) is 0 Å². The highest BCUT2D eigenvalue weighted by Gasteiger charge is 2.15. The van der Waals surface area contributed by atoms with Gasteiger partial charge in [-0.05, 0) is 43.7 Å². The summed E-state index contributed by atoms with van der Waals surface area (Å²) in [4.78, 5) is 22.3. The van der Waals surface area contributed by atoms with Gasteiger partial charge in [0.1, 0.15) is 23.0 Å². The van der Waals surface area contributed by atoms with Gasteiger partial charge < -0.3 is 13.9 Å². The Balaban J connectivity index is 1.59. The summed E-state index contributed by atoms with van der Waals surface area (Å²) in [5, 5.41) is 14.8. The maximum Gasteiger partial charge on any atom is 0.277 e. The third kappa shape index (κ3) is 5.47. The fourth-order valence-electron chi connectivity index (χ4n) is 2.87. The standard InChI is InChI=1S/C22H21N3O6/c1-14-4-8-19(15(2)10-14)30-13-22(26)24-23-12-17-6-9-20(31-17)18-7-5-16(25(27)28)11-21(18)29-3/h4-12H,13H2,1-3H3,(H,24,26). The number of hydrazone groups is 1. The molecule has 0 unspecified atom stereocenters. The summed E-state index contributed by atoms with van der Waals surface area (Å²) in [5.41, 5.74) is 4.90. The number of nitrogens with one attached hydrogen (secondary N) is 1. The van der Waals surface area contributed by atoms with Gasteiger partial charge in [-0.25, -0.2) is 5.43 Å². The molecule has 9 nitrogen and oxygen atoms in total. The number of rotatable bonds is 8. The summed E-state index contributed by atoms with van der Waals surface area (Å²) in [6.07, 6.45) is 1.34. The number of carbonyl (C=O) groups excluding carboxylic acids is 1. The van der Waals surface area contributed by atoms with Gasteiger partial charge in [-0.2, -0.15) is 5.10 Å². The van der Waals surface area contributed by atoms with Crippen LogP contribution in [0.3, 0.4) is 0 Å². The van der Waals surface area contributed by atoms with Gasteiger partial charge in [0.15, 0.2) is 6.61 Å². The maximum absolute atomic E-state index is 11.9. The van der Waals surface area contributed by atoms with Crippen LogP contribution in [0, 0.1) is 24.0 Å². The lowest BCUT2D eigenvalue weighted by atomic mass is 10.1. The summed E-state index contributed by atoms with van der Waals surface area (Å²) in [7, 11) is 1.42. The molecule has 0 saturated heterocycles. The van der Waals surface area contributed by atoms with Crippen molar-refractivity contribution >= 4 is 17.8 Å². The minimum Gasteiger partial charge on any atom is -0.496 e. The van der Waals surface area contributed by atoms with Crippen LogP contribution < -0.4 is 14.9 Å². The first-order valence-electron chi connectivity index (χ1n) is 9.32. The molecule has 3 aromatic rings. The predicted molar refractivity (Wildman–Crippen MR) is 114 cm³/mol. The number of furan rings is 1. The van der Waals surface area contributed by atoms with Crippen molar-refractivity contribution in [3.63, 3.8) is 0 Å². The molecule has 0 aliphatic rings. The van der Waals surface area contributed by atoms with E-state index in [2.05, 4.69) is 10.5 Å². The van der Waals surface area contributed by atoms with Gasteiger partial charge in [0.05, 0.1) is 29.9 Å². The molecule has 0 aliphatic heterocycles. The van der Waals surface area contributed by atoms with E-state index in [1.54, 1.807) is 18.2 Å². The van der Waals surface area contributed by atoms with Crippen molar-refractivity contribution in [3.05, 3.63) is 75.5 Å². The first-order chi connectivity index (χ1) is 14.9. The minimum absolute atomic E-state index is 0.0836. The largest absolute Gasteiger partial charge is 0.496 e. The molecule has 0 radical (unpaired) electrons. The minimum atomic E-state index is -0.501. The molecular formula is C22H21N3O6. The summed E-state index contributed by atoms with van der Waals surface area (Å²) in [5.74, 6) is 1.35. The van der Waals surface area contributed by atoms with Crippen LogP contribution in [-0.2, 0) is 4.79 Å². The van der Waals surface area contributed by atoms with Gasteiger partial charge in [-0.15, -0.1) is 0 Å². The predicted octanol–water partition coefficient (Wildman–Crippen LogP) is 4.01. The molecule has 0 spiro atoms. The number of non-ortho nitro benzene ring substituents is 1. The topological polar surface area (TPSA) is 116 Å². The molecule has 2 aromatic carbocycles. The third-order valence-electron chi connectivity index (χ3n) is 4.36. The molecule has 1 amide bonds. The number of nitro benzene ring substituents is 1. The third-order valence-corrected chi connectivity index (χ3v) is 4.36. The van der Waals surface area contributed by atoms with Crippen LogP contribution in [-0.4, -0.2) is 30.8 Å². The van der Waals surface area contributed by atoms with E-state index in [0.717, 1.165) is 11.1 Å². The Kier molecular flexibility index (Phi) is 6.66. The quantitative estimate of drug-likeness (QED) is 0.332. The van der Waals surface area contributed by atoms with E-state index < -0.39 is 10.8 Å². The van der Waals surface area contributed by atoms with Crippen molar-refractivity contribution in [1.82, 2.24) is 5.43 Å². The number of ether oxygens (including phenoxy) is 2. The summed E-state index contributed by atoms with van der Waals surface area (Å²) >= 11 is 0. The van der Waals surface area contributed by atoms with Crippen LogP contribution >= 0.6 is 0 Å². The molecule has 0 bridgehead atoms. The van der Waals surface area contributed by atoms with Gasteiger partial charge in [0.25, 0.3) is 11.6 Å². The Morgan fingerprint density at radius 3 is 2.68 bits per heavy atom. The normalized spacial score (nSPS) is 10.8. The first-order valence-corrected chi connectivity index (χ1v) is 9.32. The van der Waals surface area contributed by atoms with Crippen LogP contribution in [0.5, 0.6) is 11.5 Å². The molecular weight excluding hydrogens is 402 g/mol. The molecule has 0 atom stereocenters. The van der Waals surface area contributed by atoms with Crippen LogP contribution in [0.15, 0.2) is 58.0 Å². The number of hydrogen-bond acceptors (Lipinski definition) is 7. The zero-order valence-electron chi connectivity index (χ0n) is 17.2. The smallest absolute Gasteiger partial charge is 0.277 e. The second-order valence-electron chi connectivity index (χ2n) is 6.69. The van der Waals surface area contributed by atoms with E-state index in [4.69, 9.17) is 13.9 Å². The molecule has 0 aliphatic carbocycles. The summed E-state index contributed by atoms with van der Waals surface area (Å²) in [6, 6.07) is 13.3. The number of amides is 1. The van der Waals surface area contributed by atoms with E-state index in [1.165, 1.54) is 25.5 Å². The SMILES string of the molecule is COc1cc([N+](=O)[O-])ccc1-c1ccc(C=NNC(=O)COc2ccc(C)cc2C)o1. The van der Waals surface area contributed by atoms with Gasteiger partial charge in [0, 0.05) is 6.07 Å². The molecule has 1 N–H and O–H groups in total. The Morgan fingerprint density at radius 2 is 1.97 bits per heavy atom. The number of methoxy groups -OCH3 is 1. The molecule has 31 heavy (non-hydrogen) atoms. The van der Waals surface area contributed by atoms with E-state index in [1.807, 2.05) is 32.0 Å². The van der Waals surface area contributed by atoms with E-state index in [-0.39, 0.29) is 12.3 Å². The van der Waals surface area contributed by atoms with Crippen molar-refractivity contribution in [2.75, 3.05) is 13.7 Å². The maximum atomic E-state index is 11.9. The molecule has 3 rings (SSSR count). The van der Waals surface area contributed by atoms with Crippen LogP contribution in [0.4, 0.5) is 5.69 Å². The molecule has 0 fully saturated rings. The Labute approximate surface area is 178 Å². The highest BCUT2D eigenvalue weighted by Crippen LogP contribution is 2.34. The van der Waals surface area contributed by atoms with Crippen molar-refractivity contribution in [2.24, 2.45) is 5.10 Å². The fraction of sp³-hybridized carbons (Fsp3) is 0.182. The first kappa shape index (κ1) is 21.6. The van der Waals surface area contributed by atoms with Crippen molar-refractivity contribution < 1.29 is 23.6 Å². The Hall–Kier alpha value is -4.14. The zero-order chi connectivity index (χ0) is 22.4. The molecule has 9 heteroatoms. The average molecular weight is 423 g/mol. The van der Waals surface area contributed by atoms with Gasteiger partial charge in [0.2, 0.25) is 0 Å². The lowest BCUT2D eigenvalue weighted by Gasteiger charge is -2.08. The Morgan fingerprint density at radius 1 is 1.16 bits per heavy atom. The summed E-state index contributed by atoms with van der Waals surface area (Å²) in [6.45, 7) is 3.72. The molecule has 160 valence electrons. The number of hydrogen-bond donors (Lipinski definition) is 1. The van der Waals surface area contributed by atoms with E-state index in [9.17, 15) is 14.9 Å². The molecule has 1 aromatic heterocycles. The number of carbonyl (C=O) groups is 1. The number of aryl methyl sites for hydroxylation is 2. The van der Waals surface area contributed by atoms with Crippen LogP contribution in [0.1, 0.15) is 16.9 Å². The van der Waals surface area contributed by atoms with E-state index >= 15 is 0 Å². The van der Waals surface area contributed by atoms with E-state index in [0.29, 0.717) is 28.6 Å². The van der Waals surface area contributed by atoms with Crippen LogP contribution in [0.25, 0.3) is 11.3 Å². The van der Waals surface area contributed by atoms with Crippen molar-refractivity contribution in [2.45, 2.75) is 13.8 Å². The van der Waals surface area contributed by atoms with Gasteiger partial charge in [-0.1, -0.05) is 17.7 Å². The average Bonchev–Trinajstić information content (AvgIpc) is 3.21. The highest BCUT2D eigenvalue weighted by atomic mass is 16.6. The number of nitrogens with zero attached hydrogens (tertiary/aromatic N) is 2. The molecule has 1 heterocycles. The van der Waals surface area contributed by atoms with Crippen molar-refractivity contribution in [3.8, 4) is 22.8 Å². The number of benzene rings is 2. The monoisotopic (exact) mass is 423 g/mol. The Bertz CT molecular complexity index is 1140.